The Bertz CT molecular complexity index is 1100. The van der Waals surface area contributed by atoms with E-state index in [4.69, 9.17) is 11.6 Å². The second kappa shape index (κ2) is 8.47. The minimum Gasteiger partial charge on any atom is -0.339 e. The lowest BCUT2D eigenvalue weighted by molar-refractivity contribution is -0.139. The molecule has 1 aromatic heterocycles. The second-order valence-corrected chi connectivity index (χ2v) is 6.85. The number of carbonyl (C=O) groups excluding carboxylic acids is 1. The van der Waals surface area contributed by atoms with E-state index < -0.39 is 23.2 Å². The van der Waals surface area contributed by atoms with E-state index in [0.717, 1.165) is 12.1 Å². The van der Waals surface area contributed by atoms with Crippen LogP contribution in [0.3, 0.4) is 0 Å². The van der Waals surface area contributed by atoms with Gasteiger partial charge in [0.25, 0.3) is 5.91 Å². The molecule has 0 unspecified atom stereocenters. The average Bonchev–Trinajstić information content (AvgIpc) is 2.68. The van der Waals surface area contributed by atoms with Gasteiger partial charge in [-0.1, -0.05) is 29.8 Å². The first-order valence-electron chi connectivity index (χ1n) is 9.18. The summed E-state index contributed by atoms with van der Waals surface area (Å²) in [6.45, 7) is 4.60. The first-order chi connectivity index (χ1) is 14.2. The molecule has 0 aliphatic heterocycles. The number of carbonyl (C=O) groups is 1. The Hall–Kier alpha value is -2.87. The summed E-state index contributed by atoms with van der Waals surface area (Å²) in [6.07, 6.45) is -3.64. The number of pyridine rings is 1. The topological polar surface area (TPSA) is 45.2 Å². The van der Waals surface area contributed by atoms with E-state index in [1.54, 1.807) is 23.1 Å². The quantitative estimate of drug-likeness (QED) is 0.476. The molecule has 3 rings (SSSR count). The van der Waals surface area contributed by atoms with Gasteiger partial charge in [-0.15, -0.1) is 0 Å². The number of nitrogens with one attached hydrogen (secondary N) is 1. The van der Waals surface area contributed by atoms with E-state index >= 15 is 0 Å². The smallest absolute Gasteiger partial charge is 0.339 e. The van der Waals surface area contributed by atoms with Gasteiger partial charge in [-0.2, -0.15) is 13.2 Å². The predicted molar refractivity (Wildman–Crippen MR) is 109 cm³/mol. The number of nitrogens with zero attached hydrogens (tertiary/aromatic N) is 2. The Morgan fingerprint density at radius 3 is 2.43 bits per heavy atom. The Kier molecular flexibility index (Phi) is 6.17. The molecule has 0 aliphatic rings. The molecule has 0 atom stereocenters. The van der Waals surface area contributed by atoms with Gasteiger partial charge in [0.1, 0.15) is 17.2 Å². The Morgan fingerprint density at radius 2 is 1.80 bits per heavy atom. The molecule has 1 amide bonds. The van der Waals surface area contributed by atoms with Crippen molar-refractivity contribution in [2.75, 3.05) is 18.4 Å². The molecule has 158 valence electrons. The third kappa shape index (κ3) is 4.05. The van der Waals surface area contributed by atoms with Crippen molar-refractivity contribution in [1.82, 2.24) is 9.88 Å². The Labute approximate surface area is 175 Å². The molecule has 1 N–H and O–H groups in total. The zero-order chi connectivity index (χ0) is 22.1. The molecule has 4 nitrogen and oxygen atoms in total. The first-order valence-corrected chi connectivity index (χ1v) is 9.56. The summed E-state index contributed by atoms with van der Waals surface area (Å²) in [7, 11) is 0. The van der Waals surface area contributed by atoms with Crippen LogP contribution in [0.5, 0.6) is 0 Å². The zero-order valence-corrected chi connectivity index (χ0v) is 16.9. The van der Waals surface area contributed by atoms with Gasteiger partial charge in [0.15, 0.2) is 0 Å². The highest BCUT2D eigenvalue weighted by atomic mass is 35.5. The molecule has 0 bridgehead atoms. The lowest BCUT2D eigenvalue weighted by Crippen LogP contribution is -2.30. The summed E-state index contributed by atoms with van der Waals surface area (Å²) < 4.78 is 54.0. The van der Waals surface area contributed by atoms with Gasteiger partial charge < -0.3 is 10.2 Å². The molecule has 1 heterocycles. The van der Waals surface area contributed by atoms with Crippen molar-refractivity contribution in [1.29, 1.82) is 0 Å². The van der Waals surface area contributed by atoms with Crippen LogP contribution in [0.2, 0.25) is 5.02 Å². The number of alkyl halides is 3. The summed E-state index contributed by atoms with van der Waals surface area (Å²) in [4.78, 5) is 18.6. The second-order valence-electron chi connectivity index (χ2n) is 6.45. The van der Waals surface area contributed by atoms with E-state index in [1.165, 1.54) is 12.3 Å². The summed E-state index contributed by atoms with van der Waals surface area (Å²) >= 11 is 6.34. The fraction of sp³-hybridized carbons (Fsp3) is 0.238. The van der Waals surface area contributed by atoms with Crippen LogP contribution in [0, 0.1) is 5.82 Å². The van der Waals surface area contributed by atoms with Crippen LogP contribution in [0.1, 0.15) is 29.8 Å². The van der Waals surface area contributed by atoms with Gasteiger partial charge in [0.05, 0.1) is 11.3 Å². The SMILES string of the molecule is CCN(CC)C(=O)c1cnc(Nc2cccc(F)c2C(F)(F)F)c2cccc(Cl)c12. The number of amides is 1. The van der Waals surface area contributed by atoms with Crippen LogP contribution in [0.15, 0.2) is 42.6 Å². The molecule has 0 aliphatic carbocycles. The number of aromatic nitrogens is 1. The number of benzene rings is 2. The molecule has 30 heavy (non-hydrogen) atoms. The fourth-order valence-electron chi connectivity index (χ4n) is 3.25. The van der Waals surface area contributed by atoms with Crippen LogP contribution in [-0.2, 0) is 6.18 Å². The number of anilines is 2. The maximum Gasteiger partial charge on any atom is 0.421 e. The molecule has 0 radical (unpaired) electrons. The molecule has 3 aromatic rings. The number of rotatable bonds is 5. The maximum absolute atomic E-state index is 13.9. The third-order valence-electron chi connectivity index (χ3n) is 4.69. The molecule has 0 saturated heterocycles. The van der Waals surface area contributed by atoms with Crippen molar-refractivity contribution in [3.63, 3.8) is 0 Å². The lowest BCUT2D eigenvalue weighted by Gasteiger charge is -2.21. The van der Waals surface area contributed by atoms with Crippen LogP contribution in [0.4, 0.5) is 29.1 Å². The number of halogens is 5. The van der Waals surface area contributed by atoms with E-state index in [2.05, 4.69) is 10.3 Å². The van der Waals surface area contributed by atoms with Crippen LogP contribution >= 0.6 is 11.6 Å². The minimum absolute atomic E-state index is 0.0275. The van der Waals surface area contributed by atoms with E-state index in [-0.39, 0.29) is 22.3 Å². The normalized spacial score (nSPS) is 11.6. The largest absolute Gasteiger partial charge is 0.421 e. The Morgan fingerprint density at radius 1 is 1.13 bits per heavy atom. The van der Waals surface area contributed by atoms with Gasteiger partial charge in [0, 0.05) is 35.1 Å². The highest BCUT2D eigenvalue weighted by Gasteiger charge is 2.37. The van der Waals surface area contributed by atoms with Crippen molar-refractivity contribution in [3.8, 4) is 0 Å². The van der Waals surface area contributed by atoms with Crippen molar-refractivity contribution in [3.05, 3.63) is 64.6 Å². The highest BCUT2D eigenvalue weighted by Crippen LogP contribution is 2.39. The number of hydrogen-bond acceptors (Lipinski definition) is 3. The van der Waals surface area contributed by atoms with E-state index in [0.29, 0.717) is 23.9 Å². The third-order valence-corrected chi connectivity index (χ3v) is 5.01. The maximum atomic E-state index is 13.9. The van der Waals surface area contributed by atoms with Crippen LogP contribution in [0.25, 0.3) is 10.8 Å². The molecular weight excluding hydrogens is 422 g/mol. The van der Waals surface area contributed by atoms with E-state index in [1.807, 2.05) is 13.8 Å². The highest BCUT2D eigenvalue weighted by molar-refractivity contribution is 6.37. The minimum atomic E-state index is -4.90. The van der Waals surface area contributed by atoms with Gasteiger partial charge in [-0.3, -0.25) is 4.79 Å². The van der Waals surface area contributed by atoms with Gasteiger partial charge in [-0.25, -0.2) is 9.37 Å². The predicted octanol–water partition coefficient (Wildman–Crippen LogP) is 6.27. The summed E-state index contributed by atoms with van der Waals surface area (Å²) in [5.74, 6) is -1.67. The van der Waals surface area contributed by atoms with E-state index in [9.17, 15) is 22.4 Å². The first kappa shape index (κ1) is 21.8. The van der Waals surface area contributed by atoms with Crippen molar-refractivity contribution >= 4 is 39.8 Å². The van der Waals surface area contributed by atoms with Crippen molar-refractivity contribution < 1.29 is 22.4 Å². The average molecular weight is 440 g/mol. The molecule has 2 aromatic carbocycles. The zero-order valence-electron chi connectivity index (χ0n) is 16.1. The standard InChI is InChI=1S/C21H18ClF4N3O/c1-3-29(4-2)20(30)13-11-27-19(12-7-5-8-14(22)17(12)13)28-16-10-6-9-15(23)18(16)21(24,25)26/h5-11H,3-4H2,1-2H3,(H,27,28). The molecule has 0 saturated carbocycles. The molecule has 0 fully saturated rings. The molecule has 9 heteroatoms. The Balaban J connectivity index is 2.18. The lowest BCUT2D eigenvalue weighted by atomic mass is 10.0. The number of fused-ring (bicyclic) bond motifs is 1. The fourth-order valence-corrected chi connectivity index (χ4v) is 3.52. The molecular formula is C21H18ClF4N3O. The van der Waals surface area contributed by atoms with Crippen LogP contribution in [-0.4, -0.2) is 28.9 Å². The van der Waals surface area contributed by atoms with Gasteiger partial charge in [-0.05, 0) is 32.0 Å². The number of hydrogen-bond donors (Lipinski definition) is 1. The van der Waals surface area contributed by atoms with Crippen LogP contribution < -0.4 is 5.32 Å². The molecule has 0 spiro atoms. The summed E-state index contributed by atoms with van der Waals surface area (Å²) in [5.41, 5.74) is -1.68. The monoisotopic (exact) mass is 439 g/mol. The van der Waals surface area contributed by atoms with Gasteiger partial charge in [0.2, 0.25) is 0 Å². The van der Waals surface area contributed by atoms with Crippen molar-refractivity contribution in [2.24, 2.45) is 0 Å². The summed E-state index contributed by atoms with van der Waals surface area (Å²) in [5, 5.41) is 3.52. The van der Waals surface area contributed by atoms with Gasteiger partial charge >= 0.3 is 6.18 Å². The summed E-state index contributed by atoms with van der Waals surface area (Å²) in [6, 6.07) is 7.78. The van der Waals surface area contributed by atoms with Crippen molar-refractivity contribution in [2.45, 2.75) is 20.0 Å².